The zero-order chi connectivity index (χ0) is 18.3. The molecule has 0 spiro atoms. The minimum Gasteiger partial charge on any atom is -0.339 e. The predicted octanol–water partition coefficient (Wildman–Crippen LogP) is 4.01. The highest BCUT2D eigenvalue weighted by Gasteiger charge is 2.35. The largest absolute Gasteiger partial charge is 0.339 e. The Morgan fingerprint density at radius 1 is 1.15 bits per heavy atom. The van der Waals surface area contributed by atoms with E-state index in [-0.39, 0.29) is 23.2 Å². The van der Waals surface area contributed by atoms with Gasteiger partial charge in [0, 0.05) is 18.7 Å². The van der Waals surface area contributed by atoms with Gasteiger partial charge in [0.25, 0.3) is 0 Å². The van der Waals surface area contributed by atoms with Crippen LogP contribution in [0.25, 0.3) is 11.4 Å². The van der Waals surface area contributed by atoms with E-state index < -0.39 is 5.82 Å². The van der Waals surface area contributed by atoms with Crippen molar-refractivity contribution in [1.29, 1.82) is 0 Å². The van der Waals surface area contributed by atoms with E-state index in [0.717, 1.165) is 11.3 Å². The summed E-state index contributed by atoms with van der Waals surface area (Å²) in [5.74, 6) is -0.0155. The Kier molecular flexibility index (Phi) is 4.03. The third-order valence-electron chi connectivity index (χ3n) is 4.83. The molecule has 1 aliphatic heterocycles. The highest BCUT2D eigenvalue weighted by molar-refractivity contribution is 5.96. The Balaban J connectivity index is 1.58. The Morgan fingerprint density at radius 3 is 2.73 bits per heavy atom. The number of carbonyl (C=O) groups is 1. The molecular weight excluding hydrogens is 333 g/mol. The summed E-state index contributed by atoms with van der Waals surface area (Å²) in [6.45, 7) is 4.53. The predicted molar refractivity (Wildman–Crippen MR) is 95.3 cm³/mol. The Hall–Kier alpha value is -3.02. The van der Waals surface area contributed by atoms with Crippen LogP contribution < -0.4 is 4.90 Å². The zero-order valence-electron chi connectivity index (χ0n) is 14.6. The average molecular weight is 351 g/mol. The summed E-state index contributed by atoms with van der Waals surface area (Å²) < 4.78 is 19.2. The number of aromatic nitrogens is 2. The summed E-state index contributed by atoms with van der Waals surface area (Å²) in [4.78, 5) is 18.5. The van der Waals surface area contributed by atoms with Gasteiger partial charge >= 0.3 is 0 Å². The lowest BCUT2D eigenvalue weighted by Crippen LogP contribution is -2.24. The molecular formula is C20H18FN3O2. The van der Waals surface area contributed by atoms with Crippen LogP contribution in [0.15, 0.2) is 47.0 Å². The molecule has 1 aromatic heterocycles. The first-order valence-corrected chi connectivity index (χ1v) is 8.49. The van der Waals surface area contributed by atoms with Crippen molar-refractivity contribution in [3.05, 3.63) is 65.3 Å². The van der Waals surface area contributed by atoms with Gasteiger partial charge < -0.3 is 9.42 Å². The minimum atomic E-state index is -0.404. The van der Waals surface area contributed by atoms with Gasteiger partial charge in [-0.2, -0.15) is 4.98 Å². The molecule has 0 bridgehead atoms. The molecule has 0 radical (unpaired) electrons. The van der Waals surface area contributed by atoms with Gasteiger partial charge in [-0.25, -0.2) is 4.39 Å². The lowest BCUT2D eigenvalue weighted by molar-refractivity contribution is -0.117. The second-order valence-corrected chi connectivity index (χ2v) is 6.61. The molecule has 0 N–H and O–H groups in total. The molecule has 1 fully saturated rings. The fourth-order valence-corrected chi connectivity index (χ4v) is 3.17. The van der Waals surface area contributed by atoms with E-state index in [1.807, 2.05) is 32.0 Å². The van der Waals surface area contributed by atoms with Crippen LogP contribution >= 0.6 is 0 Å². The van der Waals surface area contributed by atoms with Crippen LogP contribution in [0.2, 0.25) is 0 Å². The van der Waals surface area contributed by atoms with Gasteiger partial charge in [0.15, 0.2) is 0 Å². The van der Waals surface area contributed by atoms with Gasteiger partial charge in [0.05, 0.1) is 11.5 Å². The summed E-state index contributed by atoms with van der Waals surface area (Å²) in [5.41, 5.74) is 3.48. The summed E-state index contributed by atoms with van der Waals surface area (Å²) in [7, 11) is 0. The number of halogens is 1. The second-order valence-electron chi connectivity index (χ2n) is 6.61. The molecule has 2 heterocycles. The van der Waals surface area contributed by atoms with Gasteiger partial charge in [0.2, 0.25) is 17.6 Å². The highest BCUT2D eigenvalue weighted by atomic mass is 19.1. The third-order valence-corrected chi connectivity index (χ3v) is 4.83. The summed E-state index contributed by atoms with van der Waals surface area (Å²) in [6, 6.07) is 12.2. The average Bonchev–Trinajstić information content (AvgIpc) is 3.25. The molecule has 0 aliphatic carbocycles. The van der Waals surface area contributed by atoms with Crippen LogP contribution in [0.4, 0.5) is 10.1 Å². The first-order valence-electron chi connectivity index (χ1n) is 8.49. The first-order chi connectivity index (χ1) is 12.5. The maximum atomic E-state index is 13.9. The fraction of sp³-hybridized carbons (Fsp3) is 0.250. The molecule has 1 saturated heterocycles. The van der Waals surface area contributed by atoms with E-state index >= 15 is 0 Å². The Morgan fingerprint density at radius 2 is 1.96 bits per heavy atom. The van der Waals surface area contributed by atoms with Crippen molar-refractivity contribution in [1.82, 2.24) is 10.1 Å². The van der Waals surface area contributed by atoms with Crippen LogP contribution in [0.5, 0.6) is 0 Å². The Labute approximate surface area is 150 Å². The lowest BCUT2D eigenvalue weighted by Gasteiger charge is -2.17. The topological polar surface area (TPSA) is 59.2 Å². The van der Waals surface area contributed by atoms with Crippen LogP contribution in [-0.2, 0) is 4.79 Å². The molecule has 0 unspecified atom stereocenters. The maximum Gasteiger partial charge on any atom is 0.232 e. The number of aryl methyl sites for hydroxylation is 2. The standard InChI is InChI=1S/C20H18FN3O2/c1-12-7-8-15(9-13(12)2)24-11-14(10-18(24)25)20-22-19(23-26-20)16-5-3-4-6-17(16)21/h3-9,14H,10-11H2,1-2H3/t14-/m1/s1. The maximum absolute atomic E-state index is 13.9. The quantitative estimate of drug-likeness (QED) is 0.715. The van der Waals surface area contributed by atoms with Crippen LogP contribution in [0.3, 0.4) is 0 Å². The molecule has 4 rings (SSSR count). The number of carbonyl (C=O) groups excluding carboxylic acids is 1. The summed E-state index contributed by atoms with van der Waals surface area (Å²) in [6.07, 6.45) is 0.297. The van der Waals surface area contributed by atoms with Gasteiger partial charge in [0.1, 0.15) is 5.82 Å². The second kappa shape index (κ2) is 6.37. The van der Waals surface area contributed by atoms with E-state index in [1.165, 1.54) is 11.6 Å². The molecule has 1 aliphatic rings. The number of anilines is 1. The molecule has 3 aromatic rings. The van der Waals surface area contributed by atoms with Crippen LogP contribution in [0.1, 0.15) is 29.4 Å². The van der Waals surface area contributed by atoms with E-state index in [0.29, 0.717) is 18.9 Å². The molecule has 2 aromatic carbocycles. The van der Waals surface area contributed by atoms with Crippen molar-refractivity contribution in [3.63, 3.8) is 0 Å². The number of nitrogens with zero attached hydrogens (tertiary/aromatic N) is 3. The number of benzene rings is 2. The minimum absolute atomic E-state index is 0.0175. The highest BCUT2D eigenvalue weighted by Crippen LogP contribution is 2.33. The number of amides is 1. The van der Waals surface area contributed by atoms with Gasteiger partial charge in [-0.05, 0) is 49.2 Å². The first kappa shape index (κ1) is 16.4. The fourth-order valence-electron chi connectivity index (χ4n) is 3.17. The molecule has 6 heteroatoms. The van der Waals surface area contributed by atoms with E-state index in [2.05, 4.69) is 10.1 Å². The molecule has 26 heavy (non-hydrogen) atoms. The smallest absolute Gasteiger partial charge is 0.232 e. The van der Waals surface area contributed by atoms with Crippen molar-refractivity contribution in [2.24, 2.45) is 0 Å². The van der Waals surface area contributed by atoms with Crippen LogP contribution in [-0.4, -0.2) is 22.6 Å². The Bertz CT molecular complexity index is 983. The molecule has 0 saturated carbocycles. The van der Waals surface area contributed by atoms with Gasteiger partial charge in [-0.3, -0.25) is 4.79 Å². The number of rotatable bonds is 3. The lowest BCUT2D eigenvalue weighted by atomic mass is 10.1. The third kappa shape index (κ3) is 2.87. The van der Waals surface area contributed by atoms with E-state index in [9.17, 15) is 9.18 Å². The summed E-state index contributed by atoms with van der Waals surface area (Å²) >= 11 is 0. The molecule has 5 nitrogen and oxygen atoms in total. The van der Waals surface area contributed by atoms with Gasteiger partial charge in [-0.15, -0.1) is 0 Å². The van der Waals surface area contributed by atoms with Crippen molar-refractivity contribution in [2.45, 2.75) is 26.2 Å². The van der Waals surface area contributed by atoms with E-state index in [1.54, 1.807) is 23.1 Å². The van der Waals surface area contributed by atoms with Crippen molar-refractivity contribution in [2.75, 3.05) is 11.4 Å². The van der Waals surface area contributed by atoms with Crippen molar-refractivity contribution in [3.8, 4) is 11.4 Å². The van der Waals surface area contributed by atoms with Crippen molar-refractivity contribution < 1.29 is 13.7 Å². The molecule has 1 amide bonds. The number of hydrogen-bond donors (Lipinski definition) is 0. The summed E-state index contributed by atoms with van der Waals surface area (Å²) in [5, 5.41) is 3.88. The zero-order valence-corrected chi connectivity index (χ0v) is 14.6. The van der Waals surface area contributed by atoms with Gasteiger partial charge in [-0.1, -0.05) is 23.4 Å². The van der Waals surface area contributed by atoms with E-state index in [4.69, 9.17) is 4.52 Å². The van der Waals surface area contributed by atoms with Crippen molar-refractivity contribution >= 4 is 11.6 Å². The monoisotopic (exact) mass is 351 g/mol. The molecule has 132 valence electrons. The number of hydrogen-bond acceptors (Lipinski definition) is 4. The van der Waals surface area contributed by atoms with Crippen LogP contribution in [0, 0.1) is 19.7 Å². The normalized spacial score (nSPS) is 17.1. The SMILES string of the molecule is Cc1ccc(N2C[C@H](c3nc(-c4ccccc4F)no3)CC2=O)cc1C. The molecule has 1 atom stereocenters.